The van der Waals surface area contributed by atoms with Crippen molar-refractivity contribution in [3.05, 3.63) is 29.6 Å². The Bertz CT molecular complexity index is 320. The molecular formula is C12H17FINO. The highest BCUT2D eigenvalue weighted by Crippen LogP contribution is 2.15. The molecule has 0 aliphatic carbocycles. The van der Waals surface area contributed by atoms with Gasteiger partial charge in [-0.3, -0.25) is 0 Å². The molecule has 0 aromatic heterocycles. The van der Waals surface area contributed by atoms with Gasteiger partial charge in [-0.1, -0.05) is 28.7 Å². The molecule has 4 heteroatoms. The van der Waals surface area contributed by atoms with Gasteiger partial charge in [0.15, 0.2) is 0 Å². The molecule has 0 heterocycles. The molecule has 0 unspecified atom stereocenters. The SMILES string of the molecule is COc1ccc(CNCCCCI)c(F)c1. The van der Waals surface area contributed by atoms with Gasteiger partial charge < -0.3 is 10.1 Å². The van der Waals surface area contributed by atoms with Gasteiger partial charge in [-0.25, -0.2) is 4.39 Å². The first-order valence-electron chi connectivity index (χ1n) is 5.37. The highest BCUT2D eigenvalue weighted by Gasteiger charge is 2.02. The zero-order valence-electron chi connectivity index (χ0n) is 9.43. The number of unbranched alkanes of at least 4 members (excludes halogenated alkanes) is 1. The summed E-state index contributed by atoms with van der Waals surface area (Å²) in [6, 6.07) is 4.96. The van der Waals surface area contributed by atoms with Gasteiger partial charge in [0.2, 0.25) is 0 Å². The predicted molar refractivity (Wildman–Crippen MR) is 72.8 cm³/mol. The molecule has 0 fully saturated rings. The molecule has 0 amide bonds. The normalized spacial score (nSPS) is 10.4. The molecule has 0 atom stereocenters. The van der Waals surface area contributed by atoms with E-state index in [1.54, 1.807) is 12.1 Å². The van der Waals surface area contributed by atoms with E-state index < -0.39 is 0 Å². The predicted octanol–water partition coefficient (Wildman–Crippen LogP) is 3.14. The Labute approximate surface area is 110 Å². The molecule has 2 nitrogen and oxygen atoms in total. The van der Waals surface area contributed by atoms with E-state index in [4.69, 9.17) is 4.74 Å². The number of halogens is 2. The fourth-order valence-electron chi connectivity index (χ4n) is 1.37. The Morgan fingerprint density at radius 3 is 2.81 bits per heavy atom. The van der Waals surface area contributed by atoms with Crippen molar-refractivity contribution in [1.82, 2.24) is 5.32 Å². The van der Waals surface area contributed by atoms with Crippen molar-refractivity contribution in [2.45, 2.75) is 19.4 Å². The lowest BCUT2D eigenvalue weighted by Crippen LogP contribution is -2.15. The van der Waals surface area contributed by atoms with E-state index >= 15 is 0 Å². The summed E-state index contributed by atoms with van der Waals surface area (Å²) in [6.07, 6.45) is 2.35. The summed E-state index contributed by atoms with van der Waals surface area (Å²) < 4.78 is 19.6. The molecule has 0 saturated heterocycles. The fraction of sp³-hybridized carbons (Fsp3) is 0.500. The Balaban J connectivity index is 2.36. The molecule has 1 rings (SSSR count). The Kier molecular flexibility index (Phi) is 6.71. The van der Waals surface area contributed by atoms with Crippen LogP contribution in [-0.2, 0) is 6.54 Å². The first-order valence-corrected chi connectivity index (χ1v) is 6.89. The van der Waals surface area contributed by atoms with Crippen molar-refractivity contribution in [1.29, 1.82) is 0 Å². The van der Waals surface area contributed by atoms with E-state index in [1.165, 1.54) is 24.0 Å². The van der Waals surface area contributed by atoms with Crippen LogP contribution in [0.2, 0.25) is 0 Å². The second-order valence-electron chi connectivity index (χ2n) is 3.53. The van der Waals surface area contributed by atoms with Gasteiger partial charge >= 0.3 is 0 Å². The van der Waals surface area contributed by atoms with Crippen LogP contribution in [0.5, 0.6) is 5.75 Å². The lowest BCUT2D eigenvalue weighted by Gasteiger charge is -2.07. The molecule has 1 aromatic carbocycles. The molecule has 0 aliphatic heterocycles. The third-order valence-corrected chi connectivity index (χ3v) is 3.08. The first kappa shape index (κ1) is 13.7. The second kappa shape index (κ2) is 7.84. The van der Waals surface area contributed by atoms with Crippen molar-refractivity contribution in [2.75, 3.05) is 18.1 Å². The Morgan fingerprint density at radius 2 is 2.19 bits per heavy atom. The van der Waals surface area contributed by atoms with Crippen LogP contribution in [0.1, 0.15) is 18.4 Å². The summed E-state index contributed by atoms with van der Waals surface area (Å²) in [5, 5.41) is 3.23. The monoisotopic (exact) mass is 337 g/mol. The van der Waals surface area contributed by atoms with E-state index in [1.807, 2.05) is 0 Å². The lowest BCUT2D eigenvalue weighted by atomic mass is 10.2. The maximum atomic E-state index is 13.5. The van der Waals surface area contributed by atoms with Crippen molar-refractivity contribution < 1.29 is 9.13 Å². The van der Waals surface area contributed by atoms with E-state index in [9.17, 15) is 4.39 Å². The Hall–Kier alpha value is -0.360. The lowest BCUT2D eigenvalue weighted by molar-refractivity contribution is 0.410. The number of benzene rings is 1. The molecule has 0 aliphatic rings. The van der Waals surface area contributed by atoms with Gasteiger partial charge in [-0.15, -0.1) is 0 Å². The highest BCUT2D eigenvalue weighted by atomic mass is 127. The Morgan fingerprint density at radius 1 is 1.38 bits per heavy atom. The van der Waals surface area contributed by atoms with E-state index in [0.29, 0.717) is 17.9 Å². The van der Waals surface area contributed by atoms with Crippen LogP contribution in [-0.4, -0.2) is 18.1 Å². The molecule has 1 aromatic rings. The molecule has 0 spiro atoms. The molecule has 0 radical (unpaired) electrons. The van der Waals surface area contributed by atoms with Gasteiger partial charge in [0, 0.05) is 18.2 Å². The van der Waals surface area contributed by atoms with Crippen LogP contribution in [0, 0.1) is 5.82 Å². The zero-order valence-corrected chi connectivity index (χ0v) is 11.6. The first-order chi connectivity index (χ1) is 7.77. The maximum Gasteiger partial charge on any atom is 0.131 e. The minimum Gasteiger partial charge on any atom is -0.497 e. The number of nitrogens with one attached hydrogen (secondary N) is 1. The number of methoxy groups -OCH3 is 1. The highest BCUT2D eigenvalue weighted by molar-refractivity contribution is 14.1. The standard InChI is InChI=1S/C12H17FINO/c1-16-11-5-4-10(12(13)8-11)9-15-7-3-2-6-14/h4-5,8,15H,2-3,6-7,9H2,1H3. The third kappa shape index (κ3) is 4.65. The van der Waals surface area contributed by atoms with Gasteiger partial charge in [0.25, 0.3) is 0 Å². The number of hydrogen-bond donors (Lipinski definition) is 1. The number of hydrogen-bond acceptors (Lipinski definition) is 2. The van der Waals surface area contributed by atoms with Gasteiger partial charge in [0.1, 0.15) is 11.6 Å². The average molecular weight is 337 g/mol. The van der Waals surface area contributed by atoms with E-state index in [2.05, 4.69) is 27.9 Å². The molecular weight excluding hydrogens is 320 g/mol. The van der Waals surface area contributed by atoms with Crippen LogP contribution in [0.25, 0.3) is 0 Å². The average Bonchev–Trinajstić information content (AvgIpc) is 2.30. The second-order valence-corrected chi connectivity index (χ2v) is 4.61. The van der Waals surface area contributed by atoms with Gasteiger partial charge in [-0.05, 0) is 29.9 Å². The summed E-state index contributed by atoms with van der Waals surface area (Å²) in [5.74, 6) is 0.354. The van der Waals surface area contributed by atoms with Crippen LogP contribution in [0.3, 0.4) is 0 Å². The van der Waals surface area contributed by atoms with E-state index in [0.717, 1.165) is 13.0 Å². The summed E-state index contributed by atoms with van der Waals surface area (Å²) in [6.45, 7) is 1.52. The smallest absolute Gasteiger partial charge is 0.131 e. The van der Waals surface area contributed by atoms with Crippen LogP contribution >= 0.6 is 22.6 Å². The number of rotatable bonds is 7. The summed E-state index contributed by atoms with van der Waals surface area (Å²) >= 11 is 2.36. The molecule has 0 bridgehead atoms. The van der Waals surface area contributed by atoms with Crippen LogP contribution in [0.15, 0.2) is 18.2 Å². The third-order valence-electron chi connectivity index (χ3n) is 2.31. The maximum absolute atomic E-state index is 13.5. The van der Waals surface area contributed by atoms with Crippen LogP contribution in [0.4, 0.5) is 4.39 Å². The zero-order chi connectivity index (χ0) is 11.8. The largest absolute Gasteiger partial charge is 0.497 e. The minimum atomic E-state index is -0.208. The fourth-order valence-corrected chi connectivity index (χ4v) is 1.91. The summed E-state index contributed by atoms with van der Waals surface area (Å²) in [7, 11) is 1.54. The topological polar surface area (TPSA) is 21.3 Å². The molecule has 1 N–H and O–H groups in total. The van der Waals surface area contributed by atoms with Crippen molar-refractivity contribution >= 4 is 22.6 Å². The van der Waals surface area contributed by atoms with E-state index in [-0.39, 0.29) is 5.82 Å². The number of ether oxygens (including phenoxy) is 1. The molecule has 16 heavy (non-hydrogen) atoms. The van der Waals surface area contributed by atoms with Crippen molar-refractivity contribution in [2.24, 2.45) is 0 Å². The summed E-state index contributed by atoms with van der Waals surface area (Å²) in [5.41, 5.74) is 0.690. The van der Waals surface area contributed by atoms with Gasteiger partial charge in [0.05, 0.1) is 7.11 Å². The molecule has 0 saturated carbocycles. The van der Waals surface area contributed by atoms with Crippen molar-refractivity contribution in [3.63, 3.8) is 0 Å². The van der Waals surface area contributed by atoms with Gasteiger partial charge in [-0.2, -0.15) is 0 Å². The summed E-state index contributed by atoms with van der Waals surface area (Å²) in [4.78, 5) is 0. The quantitative estimate of drug-likeness (QED) is 0.469. The molecule has 90 valence electrons. The van der Waals surface area contributed by atoms with Crippen LogP contribution < -0.4 is 10.1 Å². The number of alkyl halides is 1. The van der Waals surface area contributed by atoms with Crippen molar-refractivity contribution in [3.8, 4) is 5.75 Å². The minimum absolute atomic E-state index is 0.208.